The van der Waals surface area contributed by atoms with Gasteiger partial charge in [-0.2, -0.15) is 4.31 Å². The topological polar surface area (TPSA) is 64.4 Å². The van der Waals surface area contributed by atoms with Gasteiger partial charge in [0.15, 0.2) is 11.6 Å². The maximum atomic E-state index is 13.7. The molecule has 0 aliphatic carbocycles. The van der Waals surface area contributed by atoms with Crippen molar-refractivity contribution in [3.63, 3.8) is 0 Å². The SMILES string of the molecule is COc1ccc(CN(C)S(=O)(=O)c2ncn(C)c2Cl)cc1F. The summed E-state index contributed by atoms with van der Waals surface area (Å²) in [6.07, 6.45) is 1.32. The van der Waals surface area contributed by atoms with Gasteiger partial charge < -0.3 is 9.30 Å². The lowest BCUT2D eigenvalue weighted by Crippen LogP contribution is -2.27. The lowest BCUT2D eigenvalue weighted by atomic mass is 10.2. The van der Waals surface area contributed by atoms with Gasteiger partial charge in [-0.05, 0) is 17.7 Å². The van der Waals surface area contributed by atoms with Crippen molar-refractivity contribution < 1.29 is 17.5 Å². The first kappa shape index (κ1) is 16.7. The van der Waals surface area contributed by atoms with Gasteiger partial charge in [-0.1, -0.05) is 17.7 Å². The summed E-state index contributed by atoms with van der Waals surface area (Å²) in [6.45, 7) is -0.0177. The normalized spacial score (nSPS) is 11.9. The minimum Gasteiger partial charge on any atom is -0.494 e. The molecule has 0 spiro atoms. The van der Waals surface area contributed by atoms with E-state index in [-0.39, 0.29) is 22.5 Å². The van der Waals surface area contributed by atoms with Crippen LogP contribution in [0.2, 0.25) is 5.15 Å². The lowest BCUT2D eigenvalue weighted by Gasteiger charge is -2.16. The van der Waals surface area contributed by atoms with Crippen LogP contribution in [0.4, 0.5) is 4.39 Å². The van der Waals surface area contributed by atoms with E-state index in [1.165, 1.54) is 37.2 Å². The molecule has 1 heterocycles. The number of hydrogen-bond donors (Lipinski definition) is 0. The fraction of sp³-hybridized carbons (Fsp3) is 0.308. The number of hydrogen-bond acceptors (Lipinski definition) is 4. The van der Waals surface area contributed by atoms with E-state index in [0.717, 1.165) is 4.31 Å². The van der Waals surface area contributed by atoms with Crippen molar-refractivity contribution in [3.8, 4) is 5.75 Å². The number of ether oxygens (including phenoxy) is 1. The molecular weight excluding hydrogens is 333 g/mol. The Kier molecular flexibility index (Phi) is 4.74. The van der Waals surface area contributed by atoms with Crippen LogP contribution in [0.1, 0.15) is 5.56 Å². The van der Waals surface area contributed by atoms with E-state index in [4.69, 9.17) is 16.3 Å². The van der Waals surface area contributed by atoms with Crippen molar-refractivity contribution in [1.29, 1.82) is 0 Å². The number of imidazole rings is 1. The monoisotopic (exact) mass is 347 g/mol. The average Bonchev–Trinajstić information content (AvgIpc) is 2.79. The van der Waals surface area contributed by atoms with Gasteiger partial charge in [0.2, 0.25) is 5.03 Å². The zero-order valence-electron chi connectivity index (χ0n) is 12.2. The van der Waals surface area contributed by atoms with Crippen molar-refractivity contribution in [3.05, 3.63) is 41.1 Å². The first-order valence-corrected chi connectivity index (χ1v) is 8.04. The Hall–Kier alpha value is -1.64. The molecule has 120 valence electrons. The molecule has 0 amide bonds. The highest BCUT2D eigenvalue weighted by atomic mass is 35.5. The molecule has 2 rings (SSSR count). The minimum absolute atomic E-state index is 0.0177. The first-order valence-electron chi connectivity index (χ1n) is 6.23. The van der Waals surface area contributed by atoms with Crippen molar-refractivity contribution in [2.24, 2.45) is 7.05 Å². The third-order valence-electron chi connectivity index (χ3n) is 3.11. The molecule has 0 aliphatic heterocycles. The van der Waals surface area contributed by atoms with E-state index in [1.54, 1.807) is 13.1 Å². The highest BCUT2D eigenvalue weighted by molar-refractivity contribution is 7.89. The third-order valence-corrected chi connectivity index (χ3v) is 5.41. The summed E-state index contributed by atoms with van der Waals surface area (Å²) in [6, 6.07) is 4.26. The molecule has 0 bridgehead atoms. The summed E-state index contributed by atoms with van der Waals surface area (Å²) in [5.41, 5.74) is 0.483. The number of benzene rings is 1. The Morgan fingerprint density at radius 1 is 1.45 bits per heavy atom. The van der Waals surface area contributed by atoms with E-state index in [9.17, 15) is 12.8 Å². The molecule has 22 heavy (non-hydrogen) atoms. The van der Waals surface area contributed by atoms with E-state index in [1.807, 2.05) is 0 Å². The predicted octanol–water partition coefficient (Wildman–Crippen LogP) is 2.04. The second-order valence-electron chi connectivity index (χ2n) is 4.68. The van der Waals surface area contributed by atoms with Gasteiger partial charge >= 0.3 is 0 Å². The molecule has 9 heteroatoms. The molecule has 0 unspecified atom stereocenters. The lowest BCUT2D eigenvalue weighted by molar-refractivity contribution is 0.385. The molecule has 0 saturated carbocycles. The quantitative estimate of drug-likeness (QED) is 0.830. The Labute approximate surface area is 133 Å². The van der Waals surface area contributed by atoms with Crippen LogP contribution in [0, 0.1) is 5.82 Å². The van der Waals surface area contributed by atoms with Crippen LogP contribution in [-0.2, 0) is 23.6 Å². The average molecular weight is 348 g/mol. The minimum atomic E-state index is -3.86. The van der Waals surface area contributed by atoms with Crippen molar-refractivity contribution >= 4 is 21.6 Å². The van der Waals surface area contributed by atoms with E-state index < -0.39 is 15.8 Å². The van der Waals surface area contributed by atoms with Crippen molar-refractivity contribution in [2.45, 2.75) is 11.6 Å². The number of rotatable bonds is 5. The molecule has 2 aromatic rings. The Morgan fingerprint density at radius 3 is 2.64 bits per heavy atom. The maximum absolute atomic E-state index is 13.7. The van der Waals surface area contributed by atoms with Gasteiger partial charge in [-0.25, -0.2) is 17.8 Å². The summed E-state index contributed by atoms with van der Waals surface area (Å²) in [4.78, 5) is 3.80. The standard InChI is InChI=1S/C13H15ClFN3O3S/c1-17-8-16-13(12(17)14)22(19,20)18(2)7-9-4-5-11(21-3)10(15)6-9/h4-6,8H,7H2,1-3H3. The fourth-order valence-electron chi connectivity index (χ4n) is 1.86. The number of sulfonamides is 1. The van der Waals surface area contributed by atoms with Gasteiger partial charge in [-0.3, -0.25) is 0 Å². The van der Waals surface area contributed by atoms with Crippen LogP contribution in [0.15, 0.2) is 29.6 Å². The highest BCUT2D eigenvalue weighted by Crippen LogP contribution is 2.24. The van der Waals surface area contributed by atoms with Gasteiger partial charge in [-0.15, -0.1) is 0 Å². The second-order valence-corrected chi connectivity index (χ2v) is 7.00. The number of nitrogens with zero attached hydrogens (tertiary/aromatic N) is 3. The summed E-state index contributed by atoms with van der Waals surface area (Å²) < 4.78 is 45.8. The van der Waals surface area contributed by atoms with Gasteiger partial charge in [0.05, 0.1) is 13.4 Å². The fourth-order valence-corrected chi connectivity index (χ4v) is 3.40. The molecule has 0 saturated heterocycles. The smallest absolute Gasteiger partial charge is 0.263 e. The van der Waals surface area contributed by atoms with Crippen LogP contribution in [0.3, 0.4) is 0 Å². The highest BCUT2D eigenvalue weighted by Gasteiger charge is 2.27. The van der Waals surface area contributed by atoms with Crippen LogP contribution in [-0.4, -0.2) is 36.4 Å². The second kappa shape index (κ2) is 6.23. The number of halogens is 2. The van der Waals surface area contributed by atoms with E-state index >= 15 is 0 Å². The van der Waals surface area contributed by atoms with Crippen molar-refractivity contribution in [2.75, 3.05) is 14.2 Å². The Balaban J connectivity index is 2.26. The van der Waals surface area contributed by atoms with E-state index in [2.05, 4.69) is 4.98 Å². The van der Waals surface area contributed by atoms with Crippen molar-refractivity contribution in [1.82, 2.24) is 13.9 Å². The van der Waals surface area contributed by atoms with Gasteiger partial charge in [0.25, 0.3) is 10.0 Å². The number of methoxy groups -OCH3 is 1. The molecule has 0 aliphatic rings. The largest absolute Gasteiger partial charge is 0.494 e. The third kappa shape index (κ3) is 3.08. The van der Waals surface area contributed by atoms with E-state index in [0.29, 0.717) is 5.56 Å². The Bertz CT molecular complexity index is 792. The van der Waals surface area contributed by atoms with Crippen LogP contribution in [0.25, 0.3) is 0 Å². The predicted molar refractivity (Wildman–Crippen MR) is 79.8 cm³/mol. The summed E-state index contributed by atoms with van der Waals surface area (Å²) in [7, 11) is 0.467. The van der Waals surface area contributed by atoms with Crippen LogP contribution >= 0.6 is 11.6 Å². The molecule has 1 aromatic carbocycles. The molecule has 0 fully saturated rings. The van der Waals surface area contributed by atoms with Gasteiger partial charge in [0.1, 0.15) is 5.15 Å². The zero-order chi connectivity index (χ0) is 16.5. The number of aryl methyl sites for hydroxylation is 1. The number of aromatic nitrogens is 2. The van der Waals surface area contributed by atoms with Crippen LogP contribution in [0.5, 0.6) is 5.75 Å². The summed E-state index contributed by atoms with van der Waals surface area (Å²) in [5, 5.41) is -0.207. The molecule has 0 N–H and O–H groups in total. The molecule has 1 aromatic heterocycles. The van der Waals surface area contributed by atoms with Gasteiger partial charge in [0, 0.05) is 20.6 Å². The molecule has 0 atom stereocenters. The molecule has 0 radical (unpaired) electrons. The molecular formula is C13H15ClFN3O3S. The summed E-state index contributed by atoms with van der Waals surface area (Å²) in [5.74, 6) is -0.455. The first-order chi connectivity index (χ1) is 10.3. The Morgan fingerprint density at radius 2 is 2.14 bits per heavy atom. The van der Waals surface area contributed by atoms with Crippen LogP contribution < -0.4 is 4.74 Å². The zero-order valence-corrected chi connectivity index (χ0v) is 13.8. The maximum Gasteiger partial charge on any atom is 0.263 e. The summed E-state index contributed by atoms with van der Waals surface area (Å²) >= 11 is 5.92. The molecule has 6 nitrogen and oxygen atoms in total.